The number of benzene rings is 1. The van der Waals surface area contributed by atoms with Crippen molar-refractivity contribution in [1.29, 1.82) is 0 Å². The van der Waals surface area contributed by atoms with E-state index in [1.807, 2.05) is 0 Å². The first-order valence-electron chi connectivity index (χ1n) is 3.37. The van der Waals surface area contributed by atoms with Crippen LogP contribution in [0.5, 0.6) is 5.75 Å². The lowest BCUT2D eigenvalue weighted by atomic mass is 10.2. The average molecular weight is 185 g/mol. The first-order valence-corrected chi connectivity index (χ1v) is 3.75. The van der Waals surface area contributed by atoms with Crippen molar-refractivity contribution in [2.75, 3.05) is 6.79 Å². The van der Waals surface area contributed by atoms with Crippen LogP contribution < -0.4 is 4.74 Å². The van der Waals surface area contributed by atoms with Gasteiger partial charge in [-0.3, -0.25) is 0 Å². The molecule has 0 aromatic heterocycles. The van der Waals surface area contributed by atoms with Crippen LogP contribution in [0.4, 0.5) is 0 Å². The van der Waals surface area contributed by atoms with E-state index in [-0.39, 0.29) is 6.79 Å². The van der Waals surface area contributed by atoms with E-state index in [0.29, 0.717) is 16.3 Å². The van der Waals surface area contributed by atoms with Crippen LogP contribution in [0.1, 0.15) is 10.4 Å². The zero-order valence-electron chi connectivity index (χ0n) is 6.04. The molecule has 12 heavy (non-hydrogen) atoms. The molecule has 0 aliphatic carbocycles. The molecule has 1 heterocycles. The Hall–Kier alpha value is -1.22. The summed E-state index contributed by atoms with van der Waals surface area (Å²) in [7, 11) is 0. The monoisotopic (exact) mass is 184 g/mol. The summed E-state index contributed by atoms with van der Waals surface area (Å²) in [6.07, 6.45) is 0. The molecule has 4 heteroatoms. The molecule has 0 unspecified atom stereocenters. The third-order valence-corrected chi connectivity index (χ3v) is 1.90. The quantitative estimate of drug-likeness (QED) is 0.578. The number of carbonyl (C=O) groups is 1. The fourth-order valence-corrected chi connectivity index (χ4v) is 1.28. The molecule has 1 aromatic carbocycles. The molecular weight excluding hydrogens is 180 g/mol. The molecule has 62 valence electrons. The first kappa shape index (κ1) is 7.43. The van der Waals surface area contributed by atoms with Gasteiger partial charge in [-0.15, -0.1) is 0 Å². The van der Waals surface area contributed by atoms with Gasteiger partial charge in [0.25, 0.3) is 0 Å². The SMILES string of the molecule is O=C1OCOc2cccc(Cl)c21. The highest BCUT2D eigenvalue weighted by Crippen LogP contribution is 2.29. The molecule has 0 saturated carbocycles. The second-order valence-electron chi connectivity index (χ2n) is 2.31. The second-order valence-corrected chi connectivity index (χ2v) is 2.71. The Labute approximate surface area is 73.8 Å². The van der Waals surface area contributed by atoms with Gasteiger partial charge < -0.3 is 9.47 Å². The van der Waals surface area contributed by atoms with Crippen molar-refractivity contribution in [3.8, 4) is 5.75 Å². The Morgan fingerprint density at radius 3 is 2.92 bits per heavy atom. The first-order chi connectivity index (χ1) is 5.79. The third-order valence-electron chi connectivity index (χ3n) is 1.58. The standard InChI is InChI=1S/C8H5ClO3/c9-5-2-1-3-6-7(5)8(10)12-4-11-6/h1-3H,4H2. The Bertz CT molecular complexity index is 335. The van der Waals surface area contributed by atoms with Crippen LogP contribution in [0.15, 0.2) is 18.2 Å². The molecule has 0 saturated heterocycles. The lowest BCUT2D eigenvalue weighted by Gasteiger charge is -2.16. The van der Waals surface area contributed by atoms with Gasteiger partial charge in [0, 0.05) is 0 Å². The minimum Gasteiger partial charge on any atom is -0.456 e. The Kier molecular flexibility index (Phi) is 1.66. The van der Waals surface area contributed by atoms with Crippen LogP contribution in [-0.4, -0.2) is 12.8 Å². The number of halogens is 1. The summed E-state index contributed by atoms with van der Waals surface area (Å²) in [6.45, 7) is -0.0355. The van der Waals surface area contributed by atoms with Gasteiger partial charge in [0.1, 0.15) is 11.3 Å². The van der Waals surface area contributed by atoms with Crippen molar-refractivity contribution in [3.05, 3.63) is 28.8 Å². The maximum atomic E-state index is 11.1. The van der Waals surface area contributed by atoms with Crippen molar-refractivity contribution < 1.29 is 14.3 Å². The average Bonchev–Trinajstić information content (AvgIpc) is 2.04. The van der Waals surface area contributed by atoms with Crippen molar-refractivity contribution in [1.82, 2.24) is 0 Å². The number of fused-ring (bicyclic) bond motifs is 1. The molecule has 0 fully saturated rings. The molecule has 1 aliphatic rings. The summed E-state index contributed by atoms with van der Waals surface area (Å²) < 4.78 is 9.69. The highest BCUT2D eigenvalue weighted by molar-refractivity contribution is 6.34. The van der Waals surface area contributed by atoms with E-state index in [1.165, 1.54) is 0 Å². The van der Waals surface area contributed by atoms with Crippen LogP contribution in [0.3, 0.4) is 0 Å². The number of esters is 1. The van der Waals surface area contributed by atoms with Crippen molar-refractivity contribution in [3.63, 3.8) is 0 Å². The lowest BCUT2D eigenvalue weighted by Crippen LogP contribution is -2.18. The maximum absolute atomic E-state index is 11.1. The number of carbonyl (C=O) groups excluding carboxylic acids is 1. The van der Waals surface area contributed by atoms with E-state index < -0.39 is 5.97 Å². The van der Waals surface area contributed by atoms with Crippen LogP contribution in [-0.2, 0) is 4.74 Å². The number of cyclic esters (lactones) is 1. The molecule has 0 radical (unpaired) electrons. The van der Waals surface area contributed by atoms with Crippen molar-refractivity contribution in [2.45, 2.75) is 0 Å². The molecule has 0 spiro atoms. The second kappa shape index (κ2) is 2.68. The predicted octanol–water partition coefficient (Wildman–Crippen LogP) is 1.85. The van der Waals surface area contributed by atoms with E-state index in [2.05, 4.69) is 4.74 Å². The molecule has 0 atom stereocenters. The number of hydrogen-bond donors (Lipinski definition) is 0. The highest BCUT2D eigenvalue weighted by Gasteiger charge is 2.22. The molecule has 1 aromatic rings. The van der Waals surface area contributed by atoms with E-state index in [0.717, 1.165) is 0 Å². The molecular formula is C8H5ClO3. The van der Waals surface area contributed by atoms with E-state index >= 15 is 0 Å². The van der Waals surface area contributed by atoms with Crippen LogP contribution in [0.25, 0.3) is 0 Å². The molecule has 0 amide bonds. The molecule has 3 nitrogen and oxygen atoms in total. The van der Waals surface area contributed by atoms with Crippen LogP contribution in [0, 0.1) is 0 Å². The summed E-state index contributed by atoms with van der Waals surface area (Å²) in [5.74, 6) is 0.0561. The summed E-state index contributed by atoms with van der Waals surface area (Å²) in [6, 6.07) is 5.03. The Morgan fingerprint density at radius 1 is 1.33 bits per heavy atom. The molecule has 1 aliphatic heterocycles. The molecule has 0 bridgehead atoms. The van der Waals surface area contributed by atoms with Gasteiger partial charge in [0.2, 0.25) is 6.79 Å². The number of hydrogen-bond acceptors (Lipinski definition) is 3. The number of ether oxygens (including phenoxy) is 2. The van der Waals surface area contributed by atoms with Gasteiger partial charge in [0.05, 0.1) is 5.02 Å². The minimum atomic E-state index is -0.429. The van der Waals surface area contributed by atoms with E-state index in [9.17, 15) is 4.79 Å². The summed E-state index contributed by atoms with van der Waals surface area (Å²) >= 11 is 5.76. The van der Waals surface area contributed by atoms with Crippen molar-refractivity contribution >= 4 is 17.6 Å². The van der Waals surface area contributed by atoms with Crippen LogP contribution >= 0.6 is 11.6 Å². The molecule has 0 N–H and O–H groups in total. The topological polar surface area (TPSA) is 35.5 Å². The maximum Gasteiger partial charge on any atom is 0.346 e. The zero-order valence-corrected chi connectivity index (χ0v) is 6.80. The smallest absolute Gasteiger partial charge is 0.346 e. The van der Waals surface area contributed by atoms with E-state index in [4.69, 9.17) is 16.3 Å². The minimum absolute atomic E-state index is 0.0355. The van der Waals surface area contributed by atoms with Gasteiger partial charge in [-0.2, -0.15) is 0 Å². The van der Waals surface area contributed by atoms with Gasteiger partial charge >= 0.3 is 5.97 Å². The van der Waals surface area contributed by atoms with Gasteiger partial charge in [-0.1, -0.05) is 17.7 Å². The Morgan fingerprint density at radius 2 is 2.17 bits per heavy atom. The van der Waals surface area contributed by atoms with Gasteiger partial charge in [0.15, 0.2) is 0 Å². The zero-order chi connectivity index (χ0) is 8.55. The Balaban J connectivity index is 2.60. The largest absolute Gasteiger partial charge is 0.456 e. The van der Waals surface area contributed by atoms with Gasteiger partial charge in [-0.05, 0) is 12.1 Å². The summed E-state index contributed by atoms with van der Waals surface area (Å²) in [4.78, 5) is 11.1. The lowest BCUT2D eigenvalue weighted by molar-refractivity contribution is 0.00495. The molecule has 2 rings (SSSR count). The normalized spacial score (nSPS) is 14.6. The summed E-state index contributed by atoms with van der Waals surface area (Å²) in [5.41, 5.74) is 0.311. The number of rotatable bonds is 0. The van der Waals surface area contributed by atoms with Crippen molar-refractivity contribution in [2.24, 2.45) is 0 Å². The predicted molar refractivity (Wildman–Crippen MR) is 42.4 cm³/mol. The fourth-order valence-electron chi connectivity index (χ4n) is 1.04. The summed E-state index contributed by atoms with van der Waals surface area (Å²) in [5, 5.41) is 0.359. The highest BCUT2D eigenvalue weighted by atomic mass is 35.5. The fraction of sp³-hybridized carbons (Fsp3) is 0.125. The van der Waals surface area contributed by atoms with E-state index in [1.54, 1.807) is 18.2 Å². The van der Waals surface area contributed by atoms with Crippen LogP contribution in [0.2, 0.25) is 5.02 Å². The van der Waals surface area contributed by atoms with Gasteiger partial charge in [-0.25, -0.2) is 4.79 Å². The third kappa shape index (κ3) is 1.02.